The Morgan fingerprint density at radius 2 is 1.83 bits per heavy atom. The van der Waals surface area contributed by atoms with Crippen LogP contribution < -0.4 is 5.32 Å². The van der Waals surface area contributed by atoms with Crippen LogP contribution in [0.3, 0.4) is 0 Å². The monoisotopic (exact) mass is 252 g/mol. The number of rotatable bonds is 3. The van der Waals surface area contributed by atoms with E-state index in [1.807, 2.05) is 0 Å². The Balaban J connectivity index is 1.95. The summed E-state index contributed by atoms with van der Waals surface area (Å²) in [6.45, 7) is 11.9. The van der Waals surface area contributed by atoms with Crippen LogP contribution in [-0.2, 0) is 0 Å². The molecular formula is C16H32N2. The maximum absolute atomic E-state index is 3.66. The fourth-order valence-corrected chi connectivity index (χ4v) is 3.88. The first-order chi connectivity index (χ1) is 8.61. The molecule has 2 nitrogen and oxygen atoms in total. The molecule has 0 aromatic heterocycles. The van der Waals surface area contributed by atoms with Crippen LogP contribution >= 0.6 is 0 Å². The van der Waals surface area contributed by atoms with Gasteiger partial charge in [0.05, 0.1) is 0 Å². The van der Waals surface area contributed by atoms with E-state index >= 15 is 0 Å². The highest BCUT2D eigenvalue weighted by Crippen LogP contribution is 2.32. The van der Waals surface area contributed by atoms with Gasteiger partial charge in [-0.15, -0.1) is 0 Å². The lowest BCUT2D eigenvalue weighted by molar-refractivity contribution is 0.0347. The largest absolute Gasteiger partial charge is 0.311 e. The van der Waals surface area contributed by atoms with Gasteiger partial charge in [0.1, 0.15) is 0 Å². The zero-order chi connectivity index (χ0) is 13.1. The van der Waals surface area contributed by atoms with E-state index in [4.69, 9.17) is 0 Å². The molecule has 0 radical (unpaired) electrons. The average Bonchev–Trinajstić information content (AvgIpc) is 2.38. The van der Waals surface area contributed by atoms with Gasteiger partial charge in [0.2, 0.25) is 0 Å². The molecule has 1 N–H and O–H groups in total. The molecule has 18 heavy (non-hydrogen) atoms. The summed E-state index contributed by atoms with van der Waals surface area (Å²) < 4.78 is 0. The predicted octanol–water partition coefficient (Wildman–Crippen LogP) is 3.27. The molecular weight excluding hydrogens is 220 g/mol. The highest BCUT2D eigenvalue weighted by Gasteiger charge is 2.34. The quantitative estimate of drug-likeness (QED) is 0.829. The zero-order valence-corrected chi connectivity index (χ0v) is 12.8. The minimum atomic E-state index is 0.670. The van der Waals surface area contributed by atoms with Gasteiger partial charge < -0.3 is 5.32 Å². The number of hydrogen-bond acceptors (Lipinski definition) is 2. The molecule has 0 bridgehead atoms. The molecule has 2 aliphatic rings. The second kappa shape index (κ2) is 6.38. The third-order valence-corrected chi connectivity index (χ3v) is 5.22. The van der Waals surface area contributed by atoms with Gasteiger partial charge in [-0.2, -0.15) is 0 Å². The number of hydrogen-bond donors (Lipinski definition) is 1. The molecule has 2 atom stereocenters. The van der Waals surface area contributed by atoms with E-state index < -0.39 is 0 Å². The molecule has 1 aliphatic carbocycles. The third-order valence-electron chi connectivity index (χ3n) is 5.22. The third kappa shape index (κ3) is 3.27. The topological polar surface area (TPSA) is 15.3 Å². The van der Waals surface area contributed by atoms with E-state index in [2.05, 4.69) is 37.9 Å². The average molecular weight is 252 g/mol. The number of nitrogens with zero attached hydrogens (tertiary/aromatic N) is 1. The van der Waals surface area contributed by atoms with Gasteiger partial charge in [-0.25, -0.2) is 0 Å². The Morgan fingerprint density at radius 3 is 2.39 bits per heavy atom. The summed E-state index contributed by atoms with van der Waals surface area (Å²) in [6, 6.07) is 2.29. The predicted molar refractivity (Wildman–Crippen MR) is 78.8 cm³/mol. The maximum Gasteiger partial charge on any atom is 0.0247 e. The Labute approximate surface area is 114 Å². The maximum atomic E-state index is 3.66. The lowest BCUT2D eigenvalue weighted by atomic mass is 9.82. The Hall–Kier alpha value is -0.0800. The zero-order valence-electron chi connectivity index (χ0n) is 12.8. The van der Waals surface area contributed by atoms with Crippen LogP contribution in [0.4, 0.5) is 0 Å². The summed E-state index contributed by atoms with van der Waals surface area (Å²) in [5.41, 5.74) is 0. The van der Waals surface area contributed by atoms with Gasteiger partial charge in [0.25, 0.3) is 0 Å². The van der Waals surface area contributed by atoms with Crippen LogP contribution in [0.15, 0.2) is 0 Å². The van der Waals surface area contributed by atoms with Crippen LogP contribution in [0.25, 0.3) is 0 Å². The van der Waals surface area contributed by atoms with Gasteiger partial charge in [-0.05, 0) is 44.4 Å². The van der Waals surface area contributed by atoms with Crippen molar-refractivity contribution in [3.63, 3.8) is 0 Å². The van der Waals surface area contributed by atoms with E-state index in [0.29, 0.717) is 6.04 Å². The van der Waals surface area contributed by atoms with Crippen molar-refractivity contribution in [2.75, 3.05) is 13.1 Å². The lowest BCUT2D eigenvalue weighted by Crippen LogP contribution is -2.60. The Kier molecular flexibility index (Phi) is 5.08. The Bertz CT molecular complexity index is 243. The molecule has 0 spiro atoms. The first kappa shape index (κ1) is 14.3. The fraction of sp³-hybridized carbons (Fsp3) is 1.00. The molecule has 0 amide bonds. The highest BCUT2D eigenvalue weighted by atomic mass is 15.3. The number of piperazine rings is 1. The SMILES string of the molecule is CCC1CCC(N2CC(C)NCC2C(C)C)CC1. The summed E-state index contributed by atoms with van der Waals surface area (Å²) >= 11 is 0. The summed E-state index contributed by atoms with van der Waals surface area (Å²) in [5.74, 6) is 1.79. The fourth-order valence-electron chi connectivity index (χ4n) is 3.88. The molecule has 1 saturated carbocycles. The van der Waals surface area contributed by atoms with Crippen molar-refractivity contribution in [1.82, 2.24) is 10.2 Å². The van der Waals surface area contributed by atoms with Gasteiger partial charge in [0.15, 0.2) is 0 Å². The molecule has 0 aromatic rings. The van der Waals surface area contributed by atoms with Gasteiger partial charge in [-0.1, -0.05) is 27.2 Å². The minimum absolute atomic E-state index is 0.670. The van der Waals surface area contributed by atoms with Crippen molar-refractivity contribution in [2.45, 2.75) is 77.9 Å². The summed E-state index contributed by atoms with van der Waals surface area (Å²) in [7, 11) is 0. The minimum Gasteiger partial charge on any atom is -0.311 e. The summed E-state index contributed by atoms with van der Waals surface area (Å²) in [4.78, 5) is 2.84. The van der Waals surface area contributed by atoms with Gasteiger partial charge in [0, 0.05) is 31.2 Å². The van der Waals surface area contributed by atoms with E-state index in [1.54, 1.807) is 0 Å². The molecule has 2 heteroatoms. The molecule has 1 heterocycles. The molecule has 0 aromatic carbocycles. The van der Waals surface area contributed by atoms with Crippen LogP contribution in [0.5, 0.6) is 0 Å². The second-order valence-electron chi connectivity index (χ2n) is 6.90. The molecule has 2 unspecified atom stereocenters. The summed E-state index contributed by atoms with van der Waals surface area (Å²) in [6.07, 6.45) is 7.19. The van der Waals surface area contributed by atoms with E-state index in [9.17, 15) is 0 Å². The van der Waals surface area contributed by atoms with Crippen LogP contribution in [0.1, 0.15) is 59.8 Å². The van der Waals surface area contributed by atoms with Gasteiger partial charge in [-0.3, -0.25) is 4.90 Å². The molecule has 106 valence electrons. The standard InChI is InChI=1S/C16H32N2/c1-5-14-6-8-15(9-7-14)18-11-13(4)17-10-16(18)12(2)3/h12-17H,5-11H2,1-4H3. The molecule has 2 fully saturated rings. The normalized spacial score (nSPS) is 39.2. The van der Waals surface area contributed by atoms with Crippen molar-refractivity contribution in [1.29, 1.82) is 0 Å². The van der Waals surface area contributed by atoms with E-state index in [-0.39, 0.29) is 0 Å². The first-order valence-electron chi connectivity index (χ1n) is 8.11. The summed E-state index contributed by atoms with van der Waals surface area (Å²) in [5, 5.41) is 3.66. The first-order valence-corrected chi connectivity index (χ1v) is 8.11. The van der Waals surface area contributed by atoms with E-state index in [1.165, 1.54) is 45.2 Å². The van der Waals surface area contributed by atoms with Crippen molar-refractivity contribution >= 4 is 0 Å². The van der Waals surface area contributed by atoms with Crippen LogP contribution in [0.2, 0.25) is 0 Å². The smallest absolute Gasteiger partial charge is 0.0247 e. The van der Waals surface area contributed by atoms with Crippen molar-refractivity contribution < 1.29 is 0 Å². The van der Waals surface area contributed by atoms with Crippen molar-refractivity contribution in [3.8, 4) is 0 Å². The van der Waals surface area contributed by atoms with Crippen LogP contribution in [0, 0.1) is 11.8 Å². The highest BCUT2D eigenvalue weighted by molar-refractivity contribution is 4.91. The van der Waals surface area contributed by atoms with Gasteiger partial charge >= 0.3 is 0 Å². The lowest BCUT2D eigenvalue weighted by Gasteiger charge is -2.47. The number of nitrogens with one attached hydrogen (secondary N) is 1. The molecule has 1 saturated heterocycles. The molecule has 1 aliphatic heterocycles. The molecule has 2 rings (SSSR count). The van der Waals surface area contributed by atoms with Crippen molar-refractivity contribution in [2.24, 2.45) is 11.8 Å². The van der Waals surface area contributed by atoms with Crippen molar-refractivity contribution in [3.05, 3.63) is 0 Å². The Morgan fingerprint density at radius 1 is 1.17 bits per heavy atom. The second-order valence-corrected chi connectivity index (χ2v) is 6.90. The van der Waals surface area contributed by atoms with E-state index in [0.717, 1.165) is 23.9 Å². The van der Waals surface area contributed by atoms with Crippen LogP contribution in [-0.4, -0.2) is 36.1 Å².